The van der Waals surface area contributed by atoms with Gasteiger partial charge in [-0.25, -0.2) is 9.18 Å². The normalized spacial score (nSPS) is 16.3. The summed E-state index contributed by atoms with van der Waals surface area (Å²) in [6, 6.07) is 11.4. The van der Waals surface area contributed by atoms with E-state index in [1.54, 1.807) is 36.0 Å². The first kappa shape index (κ1) is 13.9. The molecule has 1 unspecified atom stereocenters. The van der Waals surface area contributed by atoms with E-state index in [0.29, 0.717) is 12.2 Å². The second kappa shape index (κ2) is 5.77. The van der Waals surface area contributed by atoms with Crippen LogP contribution in [0.4, 0.5) is 4.39 Å². The lowest BCUT2D eigenvalue weighted by atomic mass is 10.1. The molecule has 21 heavy (non-hydrogen) atoms. The van der Waals surface area contributed by atoms with E-state index in [-0.39, 0.29) is 17.5 Å². The van der Waals surface area contributed by atoms with Crippen LogP contribution in [0.3, 0.4) is 0 Å². The third-order valence-corrected chi connectivity index (χ3v) is 4.41. The number of halogens is 1. The second-order valence-electron chi connectivity index (χ2n) is 4.84. The summed E-state index contributed by atoms with van der Waals surface area (Å²) < 4.78 is 18.9. The highest BCUT2D eigenvalue weighted by atomic mass is 32.2. The lowest BCUT2D eigenvalue weighted by Gasteiger charge is -2.10. The van der Waals surface area contributed by atoms with Gasteiger partial charge in [-0.2, -0.15) is 0 Å². The maximum Gasteiger partial charge on any atom is 0.335 e. The maximum absolute atomic E-state index is 13.1. The van der Waals surface area contributed by atoms with E-state index in [2.05, 4.69) is 0 Å². The molecule has 2 aromatic carbocycles. The second-order valence-corrected chi connectivity index (χ2v) is 5.93. The largest absolute Gasteiger partial charge is 0.489 e. The van der Waals surface area contributed by atoms with Crippen LogP contribution in [-0.2, 0) is 6.42 Å². The summed E-state index contributed by atoms with van der Waals surface area (Å²) in [5.41, 5.74) is 1.16. The van der Waals surface area contributed by atoms with Gasteiger partial charge >= 0.3 is 5.97 Å². The molecular formula is C16H13FO3S. The summed E-state index contributed by atoms with van der Waals surface area (Å²) in [6.45, 7) is 0. The Morgan fingerprint density at radius 3 is 3.00 bits per heavy atom. The monoisotopic (exact) mass is 304 g/mol. The Morgan fingerprint density at radius 1 is 1.33 bits per heavy atom. The average Bonchev–Trinajstić information content (AvgIpc) is 2.87. The van der Waals surface area contributed by atoms with Gasteiger partial charge in [-0.3, -0.25) is 0 Å². The predicted molar refractivity (Wildman–Crippen MR) is 78.6 cm³/mol. The Balaban J connectivity index is 1.62. The van der Waals surface area contributed by atoms with Crippen LogP contribution in [0.15, 0.2) is 47.4 Å². The van der Waals surface area contributed by atoms with Crippen molar-refractivity contribution in [3.05, 3.63) is 59.4 Å². The number of aromatic carboxylic acids is 1. The van der Waals surface area contributed by atoms with Crippen LogP contribution in [0, 0.1) is 5.82 Å². The van der Waals surface area contributed by atoms with Crippen LogP contribution in [0.1, 0.15) is 15.9 Å². The van der Waals surface area contributed by atoms with Gasteiger partial charge in [-0.15, -0.1) is 11.8 Å². The number of benzene rings is 2. The predicted octanol–water partition coefficient (Wildman–Crippen LogP) is 3.62. The lowest BCUT2D eigenvalue weighted by molar-refractivity contribution is 0.0696. The summed E-state index contributed by atoms with van der Waals surface area (Å²) in [4.78, 5) is 11.8. The van der Waals surface area contributed by atoms with Crippen LogP contribution in [0.2, 0.25) is 0 Å². The molecule has 5 heteroatoms. The highest BCUT2D eigenvalue weighted by Gasteiger charge is 2.23. The van der Waals surface area contributed by atoms with E-state index >= 15 is 0 Å². The zero-order chi connectivity index (χ0) is 14.8. The molecule has 1 heterocycles. The molecule has 0 saturated carbocycles. The van der Waals surface area contributed by atoms with Crippen molar-refractivity contribution in [2.75, 3.05) is 5.75 Å². The van der Waals surface area contributed by atoms with Crippen LogP contribution in [0.5, 0.6) is 5.75 Å². The van der Waals surface area contributed by atoms with Gasteiger partial charge in [0.2, 0.25) is 0 Å². The standard InChI is InChI=1S/C16H13FO3S/c17-12-4-5-15-11(6-12)7-13(20-15)9-21-14-3-1-2-10(8-14)16(18)19/h1-6,8,13H,7,9H2,(H,18,19). The van der Waals surface area contributed by atoms with Gasteiger partial charge in [-0.1, -0.05) is 6.07 Å². The molecule has 0 aromatic heterocycles. The van der Waals surface area contributed by atoms with E-state index in [0.717, 1.165) is 16.2 Å². The number of ether oxygens (including phenoxy) is 1. The topological polar surface area (TPSA) is 46.5 Å². The Hall–Kier alpha value is -2.01. The molecule has 3 nitrogen and oxygen atoms in total. The van der Waals surface area contributed by atoms with Crippen LogP contribution >= 0.6 is 11.8 Å². The summed E-state index contributed by atoms with van der Waals surface area (Å²) in [7, 11) is 0. The van der Waals surface area contributed by atoms with Crippen molar-refractivity contribution in [3.63, 3.8) is 0 Å². The third kappa shape index (κ3) is 3.19. The first-order valence-corrected chi connectivity index (χ1v) is 7.51. The Morgan fingerprint density at radius 2 is 2.19 bits per heavy atom. The zero-order valence-corrected chi connectivity index (χ0v) is 11.9. The van der Waals surface area contributed by atoms with E-state index in [9.17, 15) is 9.18 Å². The molecule has 0 saturated heterocycles. The molecule has 0 aliphatic carbocycles. The summed E-state index contributed by atoms with van der Waals surface area (Å²) in [5, 5.41) is 8.96. The van der Waals surface area contributed by atoms with Crippen molar-refractivity contribution in [1.29, 1.82) is 0 Å². The van der Waals surface area contributed by atoms with Gasteiger partial charge in [0.15, 0.2) is 0 Å². The van der Waals surface area contributed by atoms with Crippen molar-refractivity contribution in [3.8, 4) is 5.75 Å². The molecule has 3 rings (SSSR count). The summed E-state index contributed by atoms with van der Waals surface area (Å²) in [6.07, 6.45) is 0.666. The highest BCUT2D eigenvalue weighted by molar-refractivity contribution is 7.99. The molecular weight excluding hydrogens is 291 g/mol. The third-order valence-electron chi connectivity index (χ3n) is 3.28. The Bertz CT molecular complexity index is 687. The average molecular weight is 304 g/mol. The van der Waals surface area contributed by atoms with Crippen molar-refractivity contribution in [1.82, 2.24) is 0 Å². The number of carbonyl (C=O) groups is 1. The van der Waals surface area contributed by atoms with E-state index in [4.69, 9.17) is 9.84 Å². The van der Waals surface area contributed by atoms with Crippen molar-refractivity contribution in [2.45, 2.75) is 17.4 Å². The van der Waals surface area contributed by atoms with Crippen molar-refractivity contribution >= 4 is 17.7 Å². The van der Waals surface area contributed by atoms with E-state index in [1.165, 1.54) is 12.1 Å². The Kier molecular flexibility index (Phi) is 3.84. The first-order chi connectivity index (χ1) is 10.1. The molecule has 1 aliphatic rings. The van der Waals surface area contributed by atoms with Crippen LogP contribution < -0.4 is 4.74 Å². The van der Waals surface area contributed by atoms with E-state index in [1.807, 2.05) is 6.07 Å². The molecule has 108 valence electrons. The number of fused-ring (bicyclic) bond motifs is 1. The van der Waals surface area contributed by atoms with Gasteiger partial charge < -0.3 is 9.84 Å². The molecule has 0 spiro atoms. The molecule has 0 amide bonds. The molecule has 2 aromatic rings. The number of rotatable bonds is 4. The minimum absolute atomic E-state index is 0.0136. The van der Waals surface area contributed by atoms with Crippen molar-refractivity contribution < 1.29 is 19.0 Å². The van der Waals surface area contributed by atoms with E-state index < -0.39 is 5.97 Å². The summed E-state index contributed by atoms with van der Waals surface area (Å²) >= 11 is 1.54. The summed E-state index contributed by atoms with van der Waals surface area (Å²) in [5.74, 6) is 0.248. The van der Waals surface area contributed by atoms with Gasteiger partial charge in [0, 0.05) is 22.6 Å². The fourth-order valence-electron chi connectivity index (χ4n) is 2.29. The molecule has 1 aliphatic heterocycles. The smallest absolute Gasteiger partial charge is 0.335 e. The number of hydrogen-bond donors (Lipinski definition) is 1. The fourth-order valence-corrected chi connectivity index (χ4v) is 3.24. The molecule has 1 atom stereocenters. The van der Waals surface area contributed by atoms with Gasteiger partial charge in [0.05, 0.1) is 5.56 Å². The van der Waals surface area contributed by atoms with Crippen LogP contribution in [0.25, 0.3) is 0 Å². The van der Waals surface area contributed by atoms with Gasteiger partial charge in [0.1, 0.15) is 17.7 Å². The molecule has 1 N–H and O–H groups in total. The molecule has 0 fully saturated rings. The van der Waals surface area contributed by atoms with Crippen molar-refractivity contribution in [2.24, 2.45) is 0 Å². The number of carboxylic acid groups (broad SMARTS) is 1. The lowest BCUT2D eigenvalue weighted by Crippen LogP contribution is -2.15. The molecule has 0 radical (unpaired) electrons. The quantitative estimate of drug-likeness (QED) is 0.876. The number of hydrogen-bond acceptors (Lipinski definition) is 3. The number of thioether (sulfide) groups is 1. The highest BCUT2D eigenvalue weighted by Crippen LogP contribution is 2.32. The first-order valence-electron chi connectivity index (χ1n) is 6.53. The number of carboxylic acids is 1. The maximum atomic E-state index is 13.1. The van der Waals surface area contributed by atoms with Gasteiger partial charge in [-0.05, 0) is 36.4 Å². The SMILES string of the molecule is O=C(O)c1cccc(SCC2Cc3cc(F)ccc3O2)c1. The minimum atomic E-state index is -0.933. The minimum Gasteiger partial charge on any atom is -0.489 e. The Labute approximate surface area is 125 Å². The van der Waals surface area contributed by atoms with Crippen LogP contribution in [-0.4, -0.2) is 22.9 Å². The zero-order valence-electron chi connectivity index (χ0n) is 11.1. The van der Waals surface area contributed by atoms with Gasteiger partial charge in [0.25, 0.3) is 0 Å². The fraction of sp³-hybridized carbons (Fsp3) is 0.188. The molecule has 0 bridgehead atoms.